The third-order valence-electron chi connectivity index (χ3n) is 6.26. The topological polar surface area (TPSA) is 51.7 Å². The lowest BCUT2D eigenvalue weighted by molar-refractivity contribution is 0.156. The van der Waals surface area contributed by atoms with E-state index in [1.54, 1.807) is 0 Å². The van der Waals surface area contributed by atoms with Gasteiger partial charge in [0, 0.05) is 31.3 Å². The Hall–Kier alpha value is -0.650. The van der Waals surface area contributed by atoms with Crippen LogP contribution in [0.25, 0.3) is 0 Å². The van der Waals surface area contributed by atoms with Crippen molar-refractivity contribution in [1.82, 2.24) is 20.9 Å². The number of piperidine rings is 2. The first kappa shape index (κ1) is 15.9. The molecule has 0 spiro atoms. The Morgan fingerprint density at radius 1 is 1.17 bits per heavy atom. The van der Waals surface area contributed by atoms with Crippen molar-refractivity contribution in [2.45, 2.75) is 70.1 Å². The van der Waals surface area contributed by atoms with Crippen molar-refractivity contribution >= 4 is 5.84 Å². The van der Waals surface area contributed by atoms with E-state index < -0.39 is 0 Å². The monoisotopic (exact) mass is 319 g/mol. The molecular formula is C18H33N5. The average Bonchev–Trinajstić information content (AvgIpc) is 3.29. The fraction of sp³-hybridized carbons (Fsp3) is 0.944. The third kappa shape index (κ3) is 3.42. The molecule has 0 aromatic heterocycles. The lowest BCUT2D eigenvalue weighted by Gasteiger charge is -2.42. The molecule has 4 fully saturated rings. The van der Waals surface area contributed by atoms with Crippen LogP contribution >= 0.6 is 0 Å². The van der Waals surface area contributed by atoms with Gasteiger partial charge in [-0.15, -0.1) is 0 Å². The fourth-order valence-electron chi connectivity index (χ4n) is 4.59. The number of amidine groups is 1. The molecule has 5 nitrogen and oxygen atoms in total. The summed E-state index contributed by atoms with van der Waals surface area (Å²) in [6, 6.07) is 2.26. The van der Waals surface area contributed by atoms with Crippen LogP contribution in [-0.4, -0.2) is 61.2 Å². The molecule has 1 aliphatic carbocycles. The molecule has 1 saturated carbocycles. The first-order valence-electron chi connectivity index (χ1n) is 9.73. The van der Waals surface area contributed by atoms with Gasteiger partial charge < -0.3 is 10.6 Å². The van der Waals surface area contributed by atoms with Crippen LogP contribution in [0.4, 0.5) is 0 Å². The highest BCUT2D eigenvalue weighted by Gasteiger charge is 2.45. The Kier molecular flexibility index (Phi) is 4.61. The highest BCUT2D eigenvalue weighted by Crippen LogP contribution is 2.32. The number of rotatable bonds is 4. The Bertz CT molecular complexity index is 439. The number of nitrogens with one attached hydrogen (secondary N) is 3. The average molecular weight is 319 g/mol. The van der Waals surface area contributed by atoms with Gasteiger partial charge in [-0.1, -0.05) is 0 Å². The molecule has 130 valence electrons. The van der Waals surface area contributed by atoms with E-state index in [1.165, 1.54) is 51.0 Å². The van der Waals surface area contributed by atoms with Crippen molar-refractivity contribution in [3.63, 3.8) is 0 Å². The van der Waals surface area contributed by atoms with Gasteiger partial charge in [0.15, 0.2) is 0 Å². The van der Waals surface area contributed by atoms with Crippen molar-refractivity contribution in [3.05, 3.63) is 0 Å². The molecular weight excluding hydrogens is 286 g/mol. The number of aliphatic imine (C=N–C) groups is 1. The van der Waals surface area contributed by atoms with Gasteiger partial charge in [-0.25, -0.2) is 0 Å². The number of fused-ring (bicyclic) bond motifs is 1. The van der Waals surface area contributed by atoms with Crippen LogP contribution in [0.1, 0.15) is 46.0 Å². The second-order valence-corrected chi connectivity index (χ2v) is 8.26. The quantitative estimate of drug-likeness (QED) is 0.728. The summed E-state index contributed by atoms with van der Waals surface area (Å²) in [6.45, 7) is 9.05. The van der Waals surface area contributed by atoms with Crippen LogP contribution in [0, 0.1) is 11.8 Å². The molecule has 5 heteroatoms. The zero-order chi connectivity index (χ0) is 15.8. The summed E-state index contributed by atoms with van der Waals surface area (Å²) in [5, 5.41) is 11.1. The minimum absolute atomic E-state index is 0.425. The van der Waals surface area contributed by atoms with Crippen molar-refractivity contribution in [2.24, 2.45) is 16.8 Å². The van der Waals surface area contributed by atoms with Crippen molar-refractivity contribution in [2.75, 3.05) is 26.3 Å². The Morgan fingerprint density at radius 2 is 1.96 bits per heavy atom. The second kappa shape index (κ2) is 6.69. The highest BCUT2D eigenvalue weighted by molar-refractivity contribution is 5.89. The predicted octanol–water partition coefficient (Wildman–Crippen LogP) is 1.16. The maximum absolute atomic E-state index is 5.03. The van der Waals surface area contributed by atoms with Gasteiger partial charge in [-0.3, -0.25) is 15.2 Å². The van der Waals surface area contributed by atoms with Crippen LogP contribution < -0.4 is 16.0 Å². The first-order chi connectivity index (χ1) is 11.2. The van der Waals surface area contributed by atoms with Crippen LogP contribution in [0.2, 0.25) is 0 Å². The summed E-state index contributed by atoms with van der Waals surface area (Å²) in [7, 11) is 0. The molecule has 0 amide bonds. The Balaban J connectivity index is 1.51. The van der Waals surface area contributed by atoms with Crippen LogP contribution in [0.15, 0.2) is 4.99 Å². The molecule has 3 aliphatic heterocycles. The molecule has 0 aromatic rings. The van der Waals surface area contributed by atoms with E-state index in [0.717, 1.165) is 25.0 Å². The summed E-state index contributed by atoms with van der Waals surface area (Å²) in [4.78, 5) is 7.67. The summed E-state index contributed by atoms with van der Waals surface area (Å²) in [6.07, 6.45) is 6.64. The lowest BCUT2D eigenvalue weighted by Crippen LogP contribution is -2.61. The van der Waals surface area contributed by atoms with E-state index in [-0.39, 0.29) is 0 Å². The predicted molar refractivity (Wildman–Crippen MR) is 94.7 cm³/mol. The van der Waals surface area contributed by atoms with E-state index >= 15 is 0 Å². The fourth-order valence-corrected chi connectivity index (χ4v) is 4.59. The smallest absolute Gasteiger partial charge is 0.115 e. The Morgan fingerprint density at radius 3 is 2.65 bits per heavy atom. The SMILES string of the molecule is CC(C)N1CNC2C(=NCC3CC3)NC(C3CCNCC3)CC21. The van der Waals surface area contributed by atoms with Gasteiger partial charge in [0.1, 0.15) is 5.84 Å². The van der Waals surface area contributed by atoms with Gasteiger partial charge >= 0.3 is 0 Å². The van der Waals surface area contributed by atoms with Gasteiger partial charge in [0.25, 0.3) is 0 Å². The molecule has 0 aromatic carbocycles. The van der Waals surface area contributed by atoms with Crippen LogP contribution in [0.5, 0.6) is 0 Å². The van der Waals surface area contributed by atoms with Gasteiger partial charge in [0.2, 0.25) is 0 Å². The molecule has 4 rings (SSSR count). The van der Waals surface area contributed by atoms with E-state index in [0.29, 0.717) is 24.2 Å². The van der Waals surface area contributed by atoms with Crippen LogP contribution in [-0.2, 0) is 0 Å². The lowest BCUT2D eigenvalue weighted by atomic mass is 9.82. The molecule has 3 atom stereocenters. The van der Waals surface area contributed by atoms with Crippen molar-refractivity contribution < 1.29 is 0 Å². The molecule has 0 radical (unpaired) electrons. The molecule has 4 aliphatic rings. The zero-order valence-electron chi connectivity index (χ0n) is 14.7. The van der Waals surface area contributed by atoms with E-state index in [4.69, 9.17) is 4.99 Å². The second-order valence-electron chi connectivity index (χ2n) is 8.26. The normalized spacial score (nSPS) is 38.0. The number of hydrogen-bond donors (Lipinski definition) is 3. The van der Waals surface area contributed by atoms with Crippen molar-refractivity contribution in [1.29, 1.82) is 0 Å². The molecule has 3 heterocycles. The number of nitrogens with zero attached hydrogens (tertiary/aromatic N) is 2. The summed E-state index contributed by atoms with van der Waals surface area (Å²) < 4.78 is 0. The van der Waals surface area contributed by atoms with Gasteiger partial charge in [-0.05, 0) is 70.9 Å². The van der Waals surface area contributed by atoms with E-state index in [1.807, 2.05) is 0 Å². The molecule has 3 unspecified atom stereocenters. The summed E-state index contributed by atoms with van der Waals surface area (Å²) >= 11 is 0. The van der Waals surface area contributed by atoms with E-state index in [2.05, 4.69) is 34.7 Å². The molecule has 23 heavy (non-hydrogen) atoms. The van der Waals surface area contributed by atoms with Crippen molar-refractivity contribution in [3.8, 4) is 0 Å². The molecule has 0 bridgehead atoms. The third-order valence-corrected chi connectivity index (χ3v) is 6.26. The minimum Gasteiger partial charge on any atom is -0.369 e. The molecule has 3 N–H and O–H groups in total. The maximum Gasteiger partial charge on any atom is 0.115 e. The number of hydrogen-bond acceptors (Lipinski definition) is 4. The zero-order valence-corrected chi connectivity index (χ0v) is 14.7. The Labute approximate surface area is 140 Å². The minimum atomic E-state index is 0.425. The standard InChI is InChI=1S/C18H33N5/c1-12(2)23-11-21-17-16(23)9-15(14-5-7-19-8-6-14)22-18(17)20-10-13-3-4-13/h12-17,19,21H,3-11H2,1-2H3,(H,20,22). The highest BCUT2D eigenvalue weighted by atomic mass is 15.4. The largest absolute Gasteiger partial charge is 0.369 e. The van der Waals surface area contributed by atoms with Crippen LogP contribution in [0.3, 0.4) is 0 Å². The first-order valence-corrected chi connectivity index (χ1v) is 9.73. The summed E-state index contributed by atoms with van der Waals surface area (Å²) in [5.41, 5.74) is 0. The van der Waals surface area contributed by atoms with E-state index in [9.17, 15) is 0 Å². The van der Waals surface area contributed by atoms with Gasteiger partial charge in [0.05, 0.1) is 6.04 Å². The van der Waals surface area contributed by atoms with Gasteiger partial charge in [-0.2, -0.15) is 0 Å². The summed E-state index contributed by atoms with van der Waals surface area (Å²) in [5.74, 6) is 2.93. The maximum atomic E-state index is 5.03. The molecule has 3 saturated heterocycles.